The lowest BCUT2D eigenvalue weighted by Gasteiger charge is -2.35. The molecule has 1 aromatic heterocycles. The predicted molar refractivity (Wildman–Crippen MR) is 92.4 cm³/mol. The summed E-state index contributed by atoms with van der Waals surface area (Å²) in [5.41, 5.74) is 7.92. The summed E-state index contributed by atoms with van der Waals surface area (Å²) in [7, 11) is 0. The maximum atomic E-state index is 5.74. The lowest BCUT2D eigenvalue weighted by atomic mass is 10.2. The quantitative estimate of drug-likeness (QED) is 0.908. The smallest absolute Gasteiger partial charge is 0.185 e. The molecule has 0 aliphatic carbocycles. The minimum Gasteiger partial charge on any atom is -0.386 e. The second-order valence-corrected chi connectivity index (χ2v) is 6.74. The number of rotatable bonds is 3. The van der Waals surface area contributed by atoms with Crippen LogP contribution in [0.1, 0.15) is 0 Å². The third kappa shape index (κ3) is 3.22. The van der Waals surface area contributed by atoms with Gasteiger partial charge in [-0.15, -0.1) is 11.3 Å². The highest BCUT2D eigenvalue weighted by atomic mass is 79.9. The maximum Gasteiger partial charge on any atom is 0.185 e. The number of hydrogen-bond acceptors (Lipinski definition) is 5. The van der Waals surface area contributed by atoms with Gasteiger partial charge >= 0.3 is 0 Å². The molecule has 4 nitrogen and oxygen atoms in total. The van der Waals surface area contributed by atoms with E-state index >= 15 is 0 Å². The Labute approximate surface area is 137 Å². The summed E-state index contributed by atoms with van der Waals surface area (Å²) in [4.78, 5) is 9.18. The Balaban J connectivity index is 1.71. The Bertz CT molecular complexity index is 629. The summed E-state index contributed by atoms with van der Waals surface area (Å²) in [5, 5.41) is 3.20. The molecule has 0 atom stereocenters. The zero-order valence-corrected chi connectivity index (χ0v) is 14.0. The third-order valence-electron chi connectivity index (χ3n) is 3.59. The molecular weight excluding hydrogens is 348 g/mol. The van der Waals surface area contributed by atoms with E-state index in [4.69, 9.17) is 10.7 Å². The first-order chi connectivity index (χ1) is 10.1. The standard InChI is InChI=1S/C15H17BrN4S/c1-11(17)19-6-8-20(9-7-19)15-18-14(10-21-15)12-2-4-13(16)5-3-12/h2-5,10H,1,6-9,17H2. The predicted octanol–water partition coefficient (Wildman–Crippen LogP) is 3.12. The van der Waals surface area contributed by atoms with Crippen LogP contribution < -0.4 is 10.6 Å². The van der Waals surface area contributed by atoms with Gasteiger partial charge in [-0.3, -0.25) is 0 Å². The molecular formula is C15H17BrN4S. The fraction of sp³-hybridized carbons (Fsp3) is 0.267. The molecule has 6 heteroatoms. The van der Waals surface area contributed by atoms with E-state index in [1.807, 2.05) is 12.1 Å². The summed E-state index contributed by atoms with van der Waals surface area (Å²) >= 11 is 5.15. The van der Waals surface area contributed by atoms with Crippen molar-refractivity contribution in [3.05, 3.63) is 46.5 Å². The van der Waals surface area contributed by atoms with Crippen molar-refractivity contribution in [3.63, 3.8) is 0 Å². The molecule has 0 saturated carbocycles. The SMILES string of the molecule is C=C(N)N1CCN(c2nc(-c3ccc(Br)cc3)cs2)CC1. The molecule has 3 rings (SSSR count). The molecule has 0 amide bonds. The van der Waals surface area contributed by atoms with E-state index in [0.717, 1.165) is 47.0 Å². The Kier molecular flexibility index (Phi) is 4.17. The van der Waals surface area contributed by atoms with Crippen molar-refractivity contribution in [3.8, 4) is 11.3 Å². The summed E-state index contributed by atoms with van der Waals surface area (Å²) in [6.45, 7) is 7.47. The van der Waals surface area contributed by atoms with Crippen LogP contribution in [0.2, 0.25) is 0 Å². The van der Waals surface area contributed by atoms with Gasteiger partial charge in [-0.1, -0.05) is 34.6 Å². The van der Waals surface area contributed by atoms with Gasteiger partial charge < -0.3 is 15.5 Å². The number of thiazole rings is 1. The molecule has 1 saturated heterocycles. The number of anilines is 1. The molecule has 2 heterocycles. The zero-order chi connectivity index (χ0) is 14.8. The minimum atomic E-state index is 0.657. The zero-order valence-electron chi connectivity index (χ0n) is 11.6. The van der Waals surface area contributed by atoms with E-state index in [1.54, 1.807) is 11.3 Å². The van der Waals surface area contributed by atoms with Crippen LogP contribution >= 0.6 is 27.3 Å². The van der Waals surface area contributed by atoms with E-state index in [2.05, 4.69) is 49.8 Å². The fourth-order valence-corrected chi connectivity index (χ4v) is 3.50. The van der Waals surface area contributed by atoms with Crippen LogP contribution in [-0.4, -0.2) is 36.1 Å². The van der Waals surface area contributed by atoms with Crippen molar-refractivity contribution < 1.29 is 0 Å². The largest absolute Gasteiger partial charge is 0.386 e. The first kappa shape index (κ1) is 14.4. The van der Waals surface area contributed by atoms with E-state index < -0.39 is 0 Å². The molecule has 1 aliphatic heterocycles. The van der Waals surface area contributed by atoms with Gasteiger partial charge in [0.15, 0.2) is 5.13 Å². The Morgan fingerprint density at radius 2 is 1.86 bits per heavy atom. The van der Waals surface area contributed by atoms with Crippen LogP contribution in [0.5, 0.6) is 0 Å². The van der Waals surface area contributed by atoms with Gasteiger partial charge in [0, 0.05) is 41.6 Å². The van der Waals surface area contributed by atoms with Crippen LogP contribution in [0.3, 0.4) is 0 Å². The Morgan fingerprint density at radius 1 is 1.19 bits per heavy atom. The number of benzene rings is 1. The van der Waals surface area contributed by atoms with Crippen LogP contribution in [0.4, 0.5) is 5.13 Å². The summed E-state index contributed by atoms with van der Waals surface area (Å²) in [6.07, 6.45) is 0. The van der Waals surface area contributed by atoms with Crippen molar-refractivity contribution in [1.82, 2.24) is 9.88 Å². The van der Waals surface area contributed by atoms with Gasteiger partial charge in [0.25, 0.3) is 0 Å². The molecule has 0 unspecified atom stereocenters. The second kappa shape index (κ2) is 6.07. The van der Waals surface area contributed by atoms with Gasteiger partial charge in [0.1, 0.15) is 0 Å². The van der Waals surface area contributed by atoms with Gasteiger partial charge in [-0.25, -0.2) is 4.98 Å². The molecule has 1 aromatic carbocycles. The monoisotopic (exact) mass is 364 g/mol. The van der Waals surface area contributed by atoms with E-state index in [-0.39, 0.29) is 0 Å². The molecule has 1 aliphatic rings. The molecule has 2 N–H and O–H groups in total. The van der Waals surface area contributed by atoms with Crippen LogP contribution in [0, 0.1) is 0 Å². The van der Waals surface area contributed by atoms with Gasteiger partial charge in [0.2, 0.25) is 0 Å². The van der Waals surface area contributed by atoms with Gasteiger partial charge in [-0.05, 0) is 12.1 Å². The topological polar surface area (TPSA) is 45.4 Å². The number of nitrogens with zero attached hydrogens (tertiary/aromatic N) is 3. The summed E-state index contributed by atoms with van der Waals surface area (Å²) in [6, 6.07) is 8.25. The third-order valence-corrected chi connectivity index (χ3v) is 5.02. The van der Waals surface area contributed by atoms with E-state index in [0.29, 0.717) is 5.82 Å². The molecule has 1 fully saturated rings. The van der Waals surface area contributed by atoms with Crippen molar-refractivity contribution in [1.29, 1.82) is 0 Å². The lowest BCUT2D eigenvalue weighted by molar-refractivity contribution is 0.319. The highest BCUT2D eigenvalue weighted by molar-refractivity contribution is 9.10. The summed E-state index contributed by atoms with van der Waals surface area (Å²) < 4.78 is 1.08. The number of piperazine rings is 1. The van der Waals surface area contributed by atoms with Crippen LogP contribution in [0.25, 0.3) is 11.3 Å². The second-order valence-electron chi connectivity index (χ2n) is 4.99. The number of hydrogen-bond donors (Lipinski definition) is 1. The average molecular weight is 365 g/mol. The van der Waals surface area contributed by atoms with Crippen LogP contribution in [-0.2, 0) is 0 Å². The highest BCUT2D eigenvalue weighted by Crippen LogP contribution is 2.28. The molecule has 2 aromatic rings. The number of nitrogens with two attached hydrogens (primary N) is 1. The Hall–Kier alpha value is -1.53. The van der Waals surface area contributed by atoms with Crippen molar-refractivity contribution in [2.45, 2.75) is 0 Å². The number of halogens is 1. The minimum absolute atomic E-state index is 0.657. The highest BCUT2D eigenvalue weighted by Gasteiger charge is 2.19. The fourth-order valence-electron chi connectivity index (χ4n) is 2.35. The molecule has 21 heavy (non-hydrogen) atoms. The average Bonchev–Trinajstić information content (AvgIpc) is 2.98. The van der Waals surface area contributed by atoms with Crippen molar-refractivity contribution in [2.24, 2.45) is 5.73 Å². The van der Waals surface area contributed by atoms with Gasteiger partial charge in [-0.2, -0.15) is 0 Å². The normalized spacial score (nSPS) is 15.3. The van der Waals surface area contributed by atoms with E-state index in [9.17, 15) is 0 Å². The van der Waals surface area contributed by atoms with E-state index in [1.165, 1.54) is 0 Å². The first-order valence-electron chi connectivity index (χ1n) is 6.79. The number of aromatic nitrogens is 1. The Morgan fingerprint density at radius 3 is 2.48 bits per heavy atom. The molecule has 110 valence electrons. The van der Waals surface area contributed by atoms with Crippen LogP contribution in [0.15, 0.2) is 46.5 Å². The molecule has 0 bridgehead atoms. The van der Waals surface area contributed by atoms with Crippen molar-refractivity contribution >= 4 is 32.4 Å². The summed E-state index contributed by atoms with van der Waals surface area (Å²) in [5.74, 6) is 0.657. The first-order valence-corrected chi connectivity index (χ1v) is 8.46. The van der Waals surface area contributed by atoms with Crippen molar-refractivity contribution in [2.75, 3.05) is 31.1 Å². The van der Waals surface area contributed by atoms with Gasteiger partial charge in [0.05, 0.1) is 11.5 Å². The lowest BCUT2D eigenvalue weighted by Crippen LogP contribution is -2.47. The maximum absolute atomic E-state index is 5.74. The molecule has 0 spiro atoms. The molecule has 0 radical (unpaired) electrons.